The Kier molecular flexibility index (Phi) is 1.63. The molecule has 0 amide bonds. The van der Waals surface area contributed by atoms with Crippen LogP contribution in [0.5, 0.6) is 0 Å². The summed E-state index contributed by atoms with van der Waals surface area (Å²) in [6.07, 6.45) is 3.45. The third kappa shape index (κ3) is 1.09. The summed E-state index contributed by atoms with van der Waals surface area (Å²) in [4.78, 5) is 11.4. The molecule has 2 aromatic heterocycles. The molecule has 3 heteroatoms. The minimum atomic E-state index is 0.913. The van der Waals surface area contributed by atoms with Gasteiger partial charge >= 0.3 is 0 Å². The van der Waals surface area contributed by atoms with Crippen LogP contribution >= 0.6 is 0 Å². The van der Waals surface area contributed by atoms with Crippen LogP contribution in [0.4, 0.5) is 0 Å². The number of pyridine rings is 1. The summed E-state index contributed by atoms with van der Waals surface area (Å²) in [5, 5.41) is 0. The van der Waals surface area contributed by atoms with Gasteiger partial charge in [0.25, 0.3) is 0 Å². The third-order valence-corrected chi connectivity index (χ3v) is 1.74. The molecule has 2 rings (SSSR count). The third-order valence-electron chi connectivity index (χ3n) is 1.74. The molecule has 0 aliphatic carbocycles. The van der Waals surface area contributed by atoms with E-state index >= 15 is 0 Å². The van der Waals surface area contributed by atoms with Gasteiger partial charge in [0, 0.05) is 11.9 Å². The molecule has 0 radical (unpaired) electrons. The fourth-order valence-corrected chi connectivity index (χ4v) is 1.12. The Bertz CT molecular complexity index is 364. The number of rotatable bonds is 1. The van der Waals surface area contributed by atoms with Crippen molar-refractivity contribution in [2.45, 2.75) is 6.92 Å². The van der Waals surface area contributed by atoms with Crippen molar-refractivity contribution >= 4 is 0 Å². The fourth-order valence-electron chi connectivity index (χ4n) is 1.12. The normalized spacial score (nSPS) is 10.1. The molecule has 0 saturated heterocycles. The summed E-state index contributed by atoms with van der Waals surface area (Å²) in [5.41, 5.74) is 2.89. The van der Waals surface area contributed by atoms with E-state index in [4.69, 9.17) is 0 Å². The summed E-state index contributed by atoms with van der Waals surface area (Å²) in [6.45, 7) is 1.98. The molecule has 12 heavy (non-hydrogen) atoms. The summed E-state index contributed by atoms with van der Waals surface area (Å²) in [6, 6.07) is 5.80. The molecule has 0 atom stereocenters. The number of nitrogens with zero attached hydrogens (tertiary/aromatic N) is 2. The van der Waals surface area contributed by atoms with Crippen LogP contribution < -0.4 is 0 Å². The highest BCUT2D eigenvalue weighted by Crippen LogP contribution is 2.15. The van der Waals surface area contributed by atoms with Gasteiger partial charge in [0.05, 0.1) is 12.0 Å². The lowest BCUT2D eigenvalue weighted by atomic mass is 10.2. The van der Waals surface area contributed by atoms with Gasteiger partial charge in [-0.15, -0.1) is 0 Å². The van der Waals surface area contributed by atoms with Crippen LogP contribution in [0.15, 0.2) is 30.7 Å². The van der Waals surface area contributed by atoms with Crippen molar-refractivity contribution in [2.75, 3.05) is 0 Å². The first-order chi connectivity index (χ1) is 5.88. The molecule has 0 unspecified atom stereocenters. The van der Waals surface area contributed by atoms with E-state index < -0.39 is 0 Å². The number of aromatic amines is 1. The van der Waals surface area contributed by atoms with Gasteiger partial charge in [0.1, 0.15) is 5.69 Å². The van der Waals surface area contributed by atoms with Crippen LogP contribution in [0.3, 0.4) is 0 Å². The number of imidazole rings is 1. The lowest BCUT2D eigenvalue weighted by Gasteiger charge is -1.95. The fraction of sp³-hybridized carbons (Fsp3) is 0.111. The van der Waals surface area contributed by atoms with Crippen molar-refractivity contribution in [3.05, 3.63) is 36.4 Å². The molecule has 0 spiro atoms. The standard InChI is InChI=1S/C9H9N3/c1-7-9(12-6-11-7)8-4-2-3-5-10-8/h2-6H,1H3,(H,11,12). The molecule has 2 aromatic rings. The molecule has 2 heterocycles. The van der Waals surface area contributed by atoms with Crippen LogP contribution in [-0.2, 0) is 0 Å². The highest BCUT2D eigenvalue weighted by molar-refractivity contribution is 5.55. The Labute approximate surface area is 70.5 Å². The van der Waals surface area contributed by atoms with E-state index in [-0.39, 0.29) is 0 Å². The van der Waals surface area contributed by atoms with Gasteiger partial charge in [0.2, 0.25) is 0 Å². The first-order valence-electron chi connectivity index (χ1n) is 3.79. The van der Waals surface area contributed by atoms with Crippen molar-refractivity contribution in [3.63, 3.8) is 0 Å². The van der Waals surface area contributed by atoms with Crippen molar-refractivity contribution in [1.29, 1.82) is 0 Å². The molecular weight excluding hydrogens is 150 g/mol. The lowest BCUT2D eigenvalue weighted by Crippen LogP contribution is -1.83. The van der Waals surface area contributed by atoms with E-state index in [1.165, 1.54) is 0 Å². The molecule has 0 fully saturated rings. The van der Waals surface area contributed by atoms with Gasteiger partial charge in [-0.05, 0) is 19.1 Å². The molecule has 3 nitrogen and oxygen atoms in total. The van der Waals surface area contributed by atoms with Crippen molar-refractivity contribution in [2.24, 2.45) is 0 Å². The van der Waals surface area contributed by atoms with Crippen LogP contribution in [0.25, 0.3) is 11.4 Å². The van der Waals surface area contributed by atoms with Crippen LogP contribution in [0.2, 0.25) is 0 Å². The zero-order valence-corrected chi connectivity index (χ0v) is 6.78. The molecular formula is C9H9N3. The van der Waals surface area contributed by atoms with Gasteiger partial charge in [-0.3, -0.25) is 4.98 Å². The lowest BCUT2D eigenvalue weighted by molar-refractivity contribution is 1.25. The van der Waals surface area contributed by atoms with E-state index in [2.05, 4.69) is 15.0 Å². The van der Waals surface area contributed by atoms with Gasteiger partial charge in [0.15, 0.2) is 0 Å². The second kappa shape index (κ2) is 2.77. The van der Waals surface area contributed by atoms with Gasteiger partial charge in [-0.25, -0.2) is 4.98 Å². The quantitative estimate of drug-likeness (QED) is 0.689. The zero-order chi connectivity index (χ0) is 8.39. The van der Waals surface area contributed by atoms with Crippen LogP contribution in [-0.4, -0.2) is 15.0 Å². The molecule has 0 saturated carbocycles. The summed E-state index contributed by atoms with van der Waals surface area (Å²) < 4.78 is 0. The number of hydrogen-bond donors (Lipinski definition) is 1. The van der Waals surface area contributed by atoms with E-state index in [9.17, 15) is 0 Å². The molecule has 0 aromatic carbocycles. The van der Waals surface area contributed by atoms with E-state index in [1.54, 1.807) is 12.5 Å². The monoisotopic (exact) mass is 159 g/mol. The Morgan fingerprint density at radius 2 is 2.17 bits per heavy atom. The smallest absolute Gasteiger partial charge is 0.109 e. The number of aromatic nitrogens is 3. The average Bonchev–Trinajstić information content (AvgIpc) is 2.53. The predicted octanol–water partition coefficient (Wildman–Crippen LogP) is 1.78. The van der Waals surface area contributed by atoms with Gasteiger partial charge in [-0.2, -0.15) is 0 Å². The molecule has 1 N–H and O–H groups in total. The molecule has 0 aliphatic rings. The Morgan fingerprint density at radius 1 is 1.25 bits per heavy atom. The molecule has 60 valence electrons. The van der Waals surface area contributed by atoms with Crippen LogP contribution in [0.1, 0.15) is 5.69 Å². The first-order valence-corrected chi connectivity index (χ1v) is 3.79. The van der Waals surface area contributed by atoms with E-state index in [0.717, 1.165) is 17.1 Å². The summed E-state index contributed by atoms with van der Waals surface area (Å²) in [5.74, 6) is 0. The largest absolute Gasteiger partial charge is 0.348 e. The van der Waals surface area contributed by atoms with Gasteiger partial charge in [-0.1, -0.05) is 6.07 Å². The topological polar surface area (TPSA) is 41.6 Å². The predicted molar refractivity (Wildman–Crippen MR) is 46.6 cm³/mol. The second-order valence-corrected chi connectivity index (χ2v) is 2.59. The zero-order valence-electron chi connectivity index (χ0n) is 6.78. The number of nitrogens with one attached hydrogen (secondary N) is 1. The minimum absolute atomic E-state index is 0.913. The first kappa shape index (κ1) is 7.03. The number of hydrogen-bond acceptors (Lipinski definition) is 2. The maximum absolute atomic E-state index is 4.20. The second-order valence-electron chi connectivity index (χ2n) is 2.59. The highest BCUT2D eigenvalue weighted by atomic mass is 14.9. The average molecular weight is 159 g/mol. The van der Waals surface area contributed by atoms with Gasteiger partial charge < -0.3 is 4.98 Å². The van der Waals surface area contributed by atoms with Crippen molar-refractivity contribution in [1.82, 2.24) is 15.0 Å². The Morgan fingerprint density at radius 3 is 2.75 bits per heavy atom. The number of H-pyrrole nitrogens is 1. The summed E-state index contributed by atoms with van der Waals surface area (Å²) >= 11 is 0. The SMILES string of the molecule is Cc1[nH]cnc1-c1ccccn1. The van der Waals surface area contributed by atoms with Crippen LogP contribution in [0, 0.1) is 6.92 Å². The van der Waals surface area contributed by atoms with Crippen molar-refractivity contribution < 1.29 is 0 Å². The summed E-state index contributed by atoms with van der Waals surface area (Å²) in [7, 11) is 0. The maximum atomic E-state index is 4.20. The minimum Gasteiger partial charge on any atom is -0.348 e. The molecule has 0 aliphatic heterocycles. The Balaban J connectivity index is 2.51. The maximum Gasteiger partial charge on any atom is 0.109 e. The van der Waals surface area contributed by atoms with E-state index in [0.29, 0.717) is 0 Å². The molecule has 0 bridgehead atoms. The van der Waals surface area contributed by atoms with E-state index in [1.807, 2.05) is 25.1 Å². The number of aryl methyl sites for hydroxylation is 1. The van der Waals surface area contributed by atoms with Crippen molar-refractivity contribution in [3.8, 4) is 11.4 Å². The highest BCUT2D eigenvalue weighted by Gasteiger charge is 2.03. The Hall–Kier alpha value is -1.64.